The topological polar surface area (TPSA) is 27.7 Å². The molecule has 0 radical (unpaired) electrons. The van der Waals surface area contributed by atoms with E-state index in [9.17, 15) is 0 Å². The molecule has 0 saturated heterocycles. The highest BCUT2D eigenvalue weighted by Crippen LogP contribution is 2.41. The van der Waals surface area contributed by atoms with Crippen LogP contribution in [0.15, 0.2) is 16.6 Å². The highest BCUT2D eigenvalue weighted by atomic mass is 79.9. The molecule has 2 rings (SSSR count). The molecule has 0 atom stereocenters. The zero-order valence-corrected chi connectivity index (χ0v) is 8.76. The van der Waals surface area contributed by atoms with E-state index in [1.807, 2.05) is 12.1 Å². The third-order valence-electron chi connectivity index (χ3n) is 1.86. The van der Waals surface area contributed by atoms with Crippen LogP contribution < -0.4 is 9.47 Å². The molecule has 0 fully saturated rings. The number of fused-ring (bicyclic) bond motifs is 1. The molecule has 0 aliphatic carbocycles. The molecular weight excluding hydrogens is 236 g/mol. The van der Waals surface area contributed by atoms with Gasteiger partial charge in [0, 0.05) is 7.11 Å². The van der Waals surface area contributed by atoms with Crippen molar-refractivity contribution in [3.8, 4) is 11.5 Å². The van der Waals surface area contributed by atoms with Crippen molar-refractivity contribution >= 4 is 15.9 Å². The van der Waals surface area contributed by atoms with Crippen LogP contribution in [0.3, 0.4) is 0 Å². The van der Waals surface area contributed by atoms with Gasteiger partial charge in [-0.1, -0.05) is 6.07 Å². The number of methoxy groups -OCH3 is 1. The minimum absolute atomic E-state index is 0.296. The number of halogens is 1. The molecule has 0 unspecified atom stereocenters. The van der Waals surface area contributed by atoms with Crippen molar-refractivity contribution in [2.24, 2.45) is 0 Å². The monoisotopic (exact) mass is 244 g/mol. The van der Waals surface area contributed by atoms with Crippen LogP contribution >= 0.6 is 15.9 Å². The molecule has 0 saturated carbocycles. The minimum Gasteiger partial charge on any atom is -0.454 e. The number of ether oxygens (including phenoxy) is 3. The number of rotatable bonds is 2. The van der Waals surface area contributed by atoms with E-state index in [-0.39, 0.29) is 0 Å². The van der Waals surface area contributed by atoms with Crippen LogP contribution in [0.4, 0.5) is 0 Å². The van der Waals surface area contributed by atoms with Crippen molar-refractivity contribution in [3.63, 3.8) is 0 Å². The maximum atomic E-state index is 5.29. The molecular formula is C9H9BrO3. The van der Waals surface area contributed by atoms with Gasteiger partial charge >= 0.3 is 0 Å². The first-order valence-electron chi connectivity index (χ1n) is 3.89. The van der Waals surface area contributed by atoms with Crippen LogP contribution in [0.1, 0.15) is 5.56 Å². The van der Waals surface area contributed by atoms with Crippen LogP contribution in [-0.4, -0.2) is 13.9 Å². The molecule has 1 aliphatic heterocycles. The van der Waals surface area contributed by atoms with E-state index in [0.29, 0.717) is 13.4 Å². The average Bonchev–Trinajstić information content (AvgIpc) is 2.58. The summed E-state index contributed by atoms with van der Waals surface area (Å²) in [5, 5.41) is 0. The van der Waals surface area contributed by atoms with Crippen LogP contribution in [-0.2, 0) is 11.3 Å². The molecule has 3 nitrogen and oxygen atoms in total. The lowest BCUT2D eigenvalue weighted by Crippen LogP contribution is -1.93. The van der Waals surface area contributed by atoms with Gasteiger partial charge in [0.2, 0.25) is 6.79 Å². The summed E-state index contributed by atoms with van der Waals surface area (Å²) in [5.74, 6) is 1.56. The Labute approximate surface area is 84.7 Å². The van der Waals surface area contributed by atoms with E-state index < -0.39 is 0 Å². The molecule has 70 valence electrons. The molecule has 0 bridgehead atoms. The van der Waals surface area contributed by atoms with E-state index in [1.54, 1.807) is 7.11 Å². The Bertz CT molecular complexity index is 325. The summed E-state index contributed by atoms with van der Waals surface area (Å²) in [6.45, 7) is 0.863. The molecule has 0 aromatic heterocycles. The van der Waals surface area contributed by atoms with Gasteiger partial charge in [-0.05, 0) is 27.6 Å². The predicted octanol–water partition coefficient (Wildman–Crippen LogP) is 2.32. The normalized spacial score (nSPS) is 13.4. The second-order valence-corrected chi connectivity index (χ2v) is 3.50. The largest absolute Gasteiger partial charge is 0.454 e. The van der Waals surface area contributed by atoms with Crippen molar-refractivity contribution in [3.05, 3.63) is 22.2 Å². The van der Waals surface area contributed by atoms with E-state index in [0.717, 1.165) is 21.5 Å². The smallest absolute Gasteiger partial charge is 0.231 e. The van der Waals surface area contributed by atoms with Crippen LogP contribution in [0.25, 0.3) is 0 Å². The number of hydrogen-bond acceptors (Lipinski definition) is 3. The zero-order valence-electron chi connectivity index (χ0n) is 7.17. The Morgan fingerprint density at radius 2 is 2.31 bits per heavy atom. The minimum atomic E-state index is 0.296. The third kappa shape index (κ3) is 1.51. The Kier molecular flexibility index (Phi) is 2.42. The van der Waals surface area contributed by atoms with Crippen molar-refractivity contribution in [1.82, 2.24) is 0 Å². The first-order chi connectivity index (χ1) is 6.33. The van der Waals surface area contributed by atoms with Crippen molar-refractivity contribution in [2.45, 2.75) is 6.61 Å². The van der Waals surface area contributed by atoms with E-state index in [2.05, 4.69) is 15.9 Å². The van der Waals surface area contributed by atoms with Gasteiger partial charge in [0.25, 0.3) is 0 Å². The molecule has 1 aromatic rings. The predicted molar refractivity (Wildman–Crippen MR) is 51.0 cm³/mol. The van der Waals surface area contributed by atoms with Gasteiger partial charge in [0.1, 0.15) is 0 Å². The summed E-state index contributed by atoms with van der Waals surface area (Å²) in [4.78, 5) is 0. The molecule has 0 spiro atoms. The fourth-order valence-electron chi connectivity index (χ4n) is 1.25. The summed E-state index contributed by atoms with van der Waals surface area (Å²) in [5.41, 5.74) is 1.06. The van der Waals surface area contributed by atoms with Crippen LogP contribution in [0.2, 0.25) is 0 Å². The van der Waals surface area contributed by atoms with Gasteiger partial charge < -0.3 is 14.2 Å². The Balaban J connectivity index is 2.40. The summed E-state index contributed by atoms with van der Waals surface area (Å²) in [6.07, 6.45) is 0. The highest BCUT2D eigenvalue weighted by Gasteiger charge is 2.18. The lowest BCUT2D eigenvalue weighted by atomic mass is 10.2. The lowest BCUT2D eigenvalue weighted by molar-refractivity contribution is 0.172. The van der Waals surface area contributed by atoms with Gasteiger partial charge in [-0.15, -0.1) is 0 Å². The van der Waals surface area contributed by atoms with Gasteiger partial charge in [-0.3, -0.25) is 0 Å². The fraction of sp³-hybridized carbons (Fsp3) is 0.333. The highest BCUT2D eigenvalue weighted by molar-refractivity contribution is 9.10. The SMILES string of the molecule is COCc1ccc2c(c1Br)OCO2. The van der Waals surface area contributed by atoms with Gasteiger partial charge in [0.05, 0.1) is 11.1 Å². The molecule has 0 amide bonds. The second-order valence-electron chi connectivity index (χ2n) is 2.71. The van der Waals surface area contributed by atoms with Gasteiger partial charge in [-0.2, -0.15) is 0 Å². The maximum Gasteiger partial charge on any atom is 0.231 e. The van der Waals surface area contributed by atoms with Crippen LogP contribution in [0, 0.1) is 0 Å². The summed E-state index contributed by atoms with van der Waals surface area (Å²) in [6, 6.07) is 3.85. The van der Waals surface area contributed by atoms with Crippen molar-refractivity contribution in [2.75, 3.05) is 13.9 Å². The van der Waals surface area contributed by atoms with E-state index in [4.69, 9.17) is 14.2 Å². The third-order valence-corrected chi connectivity index (χ3v) is 2.73. The second kappa shape index (κ2) is 3.55. The summed E-state index contributed by atoms with van der Waals surface area (Å²) >= 11 is 3.45. The molecule has 1 heterocycles. The van der Waals surface area contributed by atoms with Crippen molar-refractivity contribution in [1.29, 1.82) is 0 Å². The lowest BCUT2D eigenvalue weighted by Gasteiger charge is -2.05. The molecule has 1 aromatic carbocycles. The quantitative estimate of drug-likeness (QED) is 0.800. The summed E-state index contributed by atoms with van der Waals surface area (Å²) in [7, 11) is 1.66. The number of hydrogen-bond donors (Lipinski definition) is 0. The Morgan fingerprint density at radius 3 is 3.08 bits per heavy atom. The summed E-state index contributed by atoms with van der Waals surface area (Å²) < 4.78 is 16.5. The van der Waals surface area contributed by atoms with Crippen LogP contribution in [0.5, 0.6) is 11.5 Å². The Morgan fingerprint density at radius 1 is 1.46 bits per heavy atom. The van der Waals surface area contributed by atoms with Gasteiger partial charge in [-0.25, -0.2) is 0 Å². The number of benzene rings is 1. The first-order valence-corrected chi connectivity index (χ1v) is 4.68. The molecule has 4 heteroatoms. The molecule has 0 N–H and O–H groups in total. The Hall–Kier alpha value is -0.740. The van der Waals surface area contributed by atoms with E-state index in [1.165, 1.54) is 0 Å². The fourth-order valence-corrected chi connectivity index (χ4v) is 1.80. The molecule has 1 aliphatic rings. The average molecular weight is 245 g/mol. The first kappa shape index (κ1) is 8.84. The zero-order chi connectivity index (χ0) is 9.26. The van der Waals surface area contributed by atoms with E-state index >= 15 is 0 Å². The maximum absolute atomic E-state index is 5.29. The van der Waals surface area contributed by atoms with Crippen molar-refractivity contribution < 1.29 is 14.2 Å². The standard InChI is InChI=1S/C9H9BrO3/c1-11-4-6-2-3-7-9(8(6)10)13-5-12-7/h2-3H,4-5H2,1H3. The van der Waals surface area contributed by atoms with Gasteiger partial charge in [0.15, 0.2) is 11.5 Å². The molecule has 13 heavy (non-hydrogen) atoms.